The van der Waals surface area contributed by atoms with Gasteiger partial charge < -0.3 is 15.3 Å². The van der Waals surface area contributed by atoms with E-state index in [0.29, 0.717) is 10.0 Å². The number of rotatable bonds is 0. The first kappa shape index (κ1) is 14.8. The lowest BCUT2D eigenvalue weighted by atomic mass is 9.75. The third kappa shape index (κ3) is 1.93. The summed E-state index contributed by atoms with van der Waals surface area (Å²) >= 11 is 3.30. The van der Waals surface area contributed by atoms with Crippen LogP contribution in [0.1, 0.15) is 28.3 Å². The first-order valence-electron chi connectivity index (χ1n) is 7.69. The Morgan fingerprint density at radius 1 is 1.17 bits per heavy atom. The predicted molar refractivity (Wildman–Crippen MR) is 92.1 cm³/mol. The standard InChI is InChI=1S/C18H18BrNO3/c1-8-10-3-4-20(2)13-6-9-5-12(19)17(22)18(23)15(9)11(16(10)13)7-14(8)21/h5,7,13,21-23H,3-4,6H2,1-2H3. The summed E-state index contributed by atoms with van der Waals surface area (Å²) in [5, 5.41) is 30.9. The van der Waals surface area contributed by atoms with Crippen LogP contribution in [0.15, 0.2) is 16.6 Å². The van der Waals surface area contributed by atoms with Gasteiger partial charge in [0, 0.05) is 18.2 Å². The molecule has 2 aromatic rings. The molecule has 1 aliphatic carbocycles. The van der Waals surface area contributed by atoms with Crippen LogP contribution in [0.2, 0.25) is 0 Å². The Labute approximate surface area is 143 Å². The van der Waals surface area contributed by atoms with Crippen LogP contribution in [0, 0.1) is 6.92 Å². The normalized spacial score (nSPS) is 19.3. The molecule has 4 nitrogen and oxygen atoms in total. The van der Waals surface area contributed by atoms with E-state index in [2.05, 4.69) is 27.9 Å². The lowest BCUT2D eigenvalue weighted by Gasteiger charge is -2.40. The van der Waals surface area contributed by atoms with Gasteiger partial charge in [-0.15, -0.1) is 0 Å². The number of benzene rings is 2. The van der Waals surface area contributed by atoms with E-state index in [4.69, 9.17) is 0 Å². The molecular weight excluding hydrogens is 358 g/mol. The van der Waals surface area contributed by atoms with Crippen molar-refractivity contribution in [1.82, 2.24) is 4.90 Å². The Balaban J connectivity index is 2.11. The van der Waals surface area contributed by atoms with Crippen LogP contribution < -0.4 is 0 Å². The number of fused-ring (bicyclic) bond motifs is 2. The molecule has 2 aromatic carbocycles. The Bertz CT molecular complexity index is 847. The van der Waals surface area contributed by atoms with Crippen LogP contribution in [0.5, 0.6) is 17.2 Å². The summed E-state index contributed by atoms with van der Waals surface area (Å²) in [5.41, 5.74) is 5.73. The monoisotopic (exact) mass is 375 g/mol. The maximum absolute atomic E-state index is 10.5. The molecule has 4 rings (SSSR count). The van der Waals surface area contributed by atoms with Gasteiger partial charge in [0.05, 0.1) is 4.47 Å². The highest BCUT2D eigenvalue weighted by Crippen LogP contribution is 2.53. The van der Waals surface area contributed by atoms with Crippen LogP contribution >= 0.6 is 15.9 Å². The second-order valence-electron chi connectivity index (χ2n) is 6.50. The van der Waals surface area contributed by atoms with Gasteiger partial charge in [0.25, 0.3) is 0 Å². The van der Waals surface area contributed by atoms with E-state index in [1.807, 2.05) is 13.0 Å². The molecule has 0 spiro atoms. The molecule has 0 fully saturated rings. The van der Waals surface area contributed by atoms with Crippen molar-refractivity contribution in [3.63, 3.8) is 0 Å². The molecule has 0 radical (unpaired) electrons. The molecule has 23 heavy (non-hydrogen) atoms. The minimum absolute atomic E-state index is 0.119. The maximum Gasteiger partial charge on any atom is 0.172 e. The van der Waals surface area contributed by atoms with Crippen LogP contribution in [0.3, 0.4) is 0 Å². The number of hydrogen-bond acceptors (Lipinski definition) is 4. The summed E-state index contributed by atoms with van der Waals surface area (Å²) in [6, 6.07) is 3.83. The van der Waals surface area contributed by atoms with Crippen molar-refractivity contribution < 1.29 is 15.3 Å². The molecule has 0 saturated carbocycles. The molecule has 3 N–H and O–H groups in total. The zero-order chi connectivity index (χ0) is 16.5. The third-order valence-electron chi connectivity index (χ3n) is 5.31. The zero-order valence-electron chi connectivity index (χ0n) is 13.0. The number of phenols is 3. The van der Waals surface area contributed by atoms with Gasteiger partial charge in [0.1, 0.15) is 5.75 Å². The number of halogens is 1. The highest BCUT2D eigenvalue weighted by molar-refractivity contribution is 9.10. The maximum atomic E-state index is 10.5. The fraction of sp³-hybridized carbons (Fsp3) is 0.333. The average molecular weight is 376 g/mol. The van der Waals surface area contributed by atoms with Gasteiger partial charge in [0.2, 0.25) is 0 Å². The molecule has 0 bridgehead atoms. The quantitative estimate of drug-likeness (QED) is 0.615. The van der Waals surface area contributed by atoms with Crippen molar-refractivity contribution in [3.05, 3.63) is 38.9 Å². The minimum atomic E-state index is -0.153. The van der Waals surface area contributed by atoms with E-state index >= 15 is 0 Å². The average Bonchev–Trinajstić information content (AvgIpc) is 2.51. The number of hydrogen-bond donors (Lipinski definition) is 3. The van der Waals surface area contributed by atoms with Crippen LogP contribution in [0.25, 0.3) is 11.1 Å². The van der Waals surface area contributed by atoms with Crippen molar-refractivity contribution in [2.75, 3.05) is 13.6 Å². The molecule has 1 aliphatic heterocycles. The van der Waals surface area contributed by atoms with Crippen molar-refractivity contribution in [3.8, 4) is 28.4 Å². The van der Waals surface area contributed by atoms with E-state index < -0.39 is 0 Å². The number of nitrogens with zero attached hydrogens (tertiary/aromatic N) is 1. The SMILES string of the molecule is Cc1c(O)cc2c3c1CCN(C)C3Cc1cc(Br)c(O)c(O)c1-2. The smallest absolute Gasteiger partial charge is 0.172 e. The van der Waals surface area contributed by atoms with Gasteiger partial charge in [-0.3, -0.25) is 4.90 Å². The molecule has 0 aromatic heterocycles. The zero-order valence-corrected chi connectivity index (χ0v) is 14.6. The van der Waals surface area contributed by atoms with E-state index in [9.17, 15) is 15.3 Å². The predicted octanol–water partition coefficient (Wildman–Crippen LogP) is 3.63. The van der Waals surface area contributed by atoms with Gasteiger partial charge in [0.15, 0.2) is 11.5 Å². The van der Waals surface area contributed by atoms with E-state index in [1.54, 1.807) is 6.07 Å². The van der Waals surface area contributed by atoms with Crippen LogP contribution in [-0.2, 0) is 12.8 Å². The summed E-state index contributed by atoms with van der Waals surface area (Å²) in [5.74, 6) is -0.0246. The van der Waals surface area contributed by atoms with E-state index in [-0.39, 0.29) is 23.3 Å². The van der Waals surface area contributed by atoms with E-state index in [0.717, 1.165) is 36.1 Å². The molecule has 1 heterocycles. The van der Waals surface area contributed by atoms with Gasteiger partial charge in [-0.2, -0.15) is 0 Å². The summed E-state index contributed by atoms with van der Waals surface area (Å²) in [4.78, 5) is 2.32. The first-order valence-corrected chi connectivity index (χ1v) is 8.48. The molecule has 2 aliphatic rings. The second-order valence-corrected chi connectivity index (χ2v) is 7.36. The second kappa shape index (κ2) is 4.89. The van der Waals surface area contributed by atoms with Gasteiger partial charge in [-0.1, -0.05) is 0 Å². The molecule has 0 saturated heterocycles. The highest BCUT2D eigenvalue weighted by atomic mass is 79.9. The topological polar surface area (TPSA) is 63.9 Å². The van der Waals surface area contributed by atoms with Crippen LogP contribution in [-0.4, -0.2) is 33.8 Å². The molecule has 120 valence electrons. The Morgan fingerprint density at radius 3 is 2.65 bits per heavy atom. The lowest BCUT2D eigenvalue weighted by Crippen LogP contribution is -2.36. The number of aromatic hydroxyl groups is 3. The molecule has 0 amide bonds. The van der Waals surface area contributed by atoms with Crippen LogP contribution in [0.4, 0.5) is 0 Å². The Hall–Kier alpha value is -1.72. The number of phenolic OH excluding ortho intramolecular Hbond substituents is 3. The third-order valence-corrected chi connectivity index (χ3v) is 5.91. The molecule has 1 atom stereocenters. The van der Waals surface area contributed by atoms with Gasteiger partial charge in [-0.25, -0.2) is 0 Å². The fourth-order valence-corrected chi connectivity index (χ4v) is 4.48. The summed E-state index contributed by atoms with van der Waals surface area (Å²) in [6.45, 7) is 2.89. The Morgan fingerprint density at radius 2 is 1.91 bits per heavy atom. The fourth-order valence-electron chi connectivity index (χ4n) is 4.02. The van der Waals surface area contributed by atoms with Crippen molar-refractivity contribution >= 4 is 15.9 Å². The van der Waals surface area contributed by atoms with Gasteiger partial charge in [-0.05, 0) is 82.7 Å². The van der Waals surface area contributed by atoms with Crippen molar-refractivity contribution in [2.24, 2.45) is 0 Å². The Kier molecular flexibility index (Phi) is 3.15. The largest absolute Gasteiger partial charge is 0.508 e. The molecule has 1 unspecified atom stereocenters. The van der Waals surface area contributed by atoms with Crippen molar-refractivity contribution in [2.45, 2.75) is 25.8 Å². The highest BCUT2D eigenvalue weighted by Gasteiger charge is 2.36. The molecular formula is C18H18BrNO3. The van der Waals surface area contributed by atoms with Crippen molar-refractivity contribution in [1.29, 1.82) is 0 Å². The summed E-state index contributed by atoms with van der Waals surface area (Å²) in [6.07, 6.45) is 1.66. The number of likely N-dealkylation sites (N-methyl/N-ethyl adjacent to an activating group) is 1. The van der Waals surface area contributed by atoms with E-state index in [1.165, 1.54) is 11.1 Å². The minimum Gasteiger partial charge on any atom is -0.508 e. The van der Waals surface area contributed by atoms with Gasteiger partial charge >= 0.3 is 0 Å². The molecule has 5 heteroatoms. The summed E-state index contributed by atoms with van der Waals surface area (Å²) in [7, 11) is 2.11. The summed E-state index contributed by atoms with van der Waals surface area (Å²) < 4.78 is 0.493. The first-order chi connectivity index (χ1) is 10.9. The lowest BCUT2D eigenvalue weighted by molar-refractivity contribution is 0.227.